The molecule has 0 saturated carbocycles. The first-order chi connectivity index (χ1) is 15.4. The van der Waals surface area contributed by atoms with Crippen LogP contribution >= 0.6 is 46.6 Å². The van der Waals surface area contributed by atoms with Crippen molar-refractivity contribution in [2.45, 2.75) is 38.4 Å². The topological polar surface area (TPSA) is 69.0 Å². The largest absolute Gasteiger partial charge is 0.493 e. The van der Waals surface area contributed by atoms with Crippen LogP contribution in [0.5, 0.6) is 5.75 Å². The van der Waals surface area contributed by atoms with E-state index in [0.29, 0.717) is 39.1 Å². The van der Waals surface area contributed by atoms with Crippen molar-refractivity contribution in [2.24, 2.45) is 0 Å². The number of thioether (sulfide) groups is 1. The smallest absolute Gasteiger partial charge is 0.234 e. The summed E-state index contributed by atoms with van der Waals surface area (Å²) in [5.41, 5.74) is 1.49. The molecule has 3 aromatic rings. The summed E-state index contributed by atoms with van der Waals surface area (Å²) in [4.78, 5) is 12.3. The Hall–Kier alpha value is -1.93. The van der Waals surface area contributed by atoms with Gasteiger partial charge in [-0.25, -0.2) is 0 Å². The molecule has 0 unspecified atom stereocenters. The van der Waals surface area contributed by atoms with Crippen LogP contribution in [0.15, 0.2) is 41.6 Å². The maximum absolute atomic E-state index is 12.3. The van der Waals surface area contributed by atoms with Gasteiger partial charge in [0, 0.05) is 23.0 Å². The van der Waals surface area contributed by atoms with E-state index in [-0.39, 0.29) is 11.7 Å². The maximum atomic E-state index is 12.3. The summed E-state index contributed by atoms with van der Waals surface area (Å²) in [6.07, 6.45) is 1.51. The Labute approximate surface area is 206 Å². The van der Waals surface area contributed by atoms with Crippen molar-refractivity contribution >= 4 is 58.2 Å². The molecule has 0 spiro atoms. The minimum Gasteiger partial charge on any atom is -0.493 e. The van der Waals surface area contributed by atoms with Crippen molar-refractivity contribution in [3.63, 3.8) is 0 Å². The van der Waals surface area contributed by atoms with Crippen LogP contribution in [0.25, 0.3) is 0 Å². The summed E-state index contributed by atoms with van der Waals surface area (Å²) in [6, 6.07) is 10.5. The van der Waals surface area contributed by atoms with Crippen molar-refractivity contribution < 1.29 is 9.53 Å². The molecule has 0 saturated heterocycles. The van der Waals surface area contributed by atoms with Crippen LogP contribution in [0.4, 0.5) is 5.69 Å². The summed E-state index contributed by atoms with van der Waals surface area (Å²) in [6.45, 7) is 5.26. The van der Waals surface area contributed by atoms with Gasteiger partial charge in [-0.15, -0.1) is 10.2 Å². The zero-order valence-corrected chi connectivity index (χ0v) is 20.8. The first-order valence-corrected chi connectivity index (χ1v) is 12.2. The maximum Gasteiger partial charge on any atom is 0.234 e. The number of ether oxygens (including phenoxy) is 1. The number of carbonyl (C=O) groups is 1. The van der Waals surface area contributed by atoms with Gasteiger partial charge in [-0.3, -0.25) is 4.79 Å². The Balaban J connectivity index is 1.50. The lowest BCUT2D eigenvalue weighted by atomic mass is 10.2. The summed E-state index contributed by atoms with van der Waals surface area (Å²) in [7, 11) is 0. The average Bonchev–Trinajstić information content (AvgIpc) is 3.15. The first-order valence-electron chi connectivity index (χ1n) is 10.1. The number of carbonyl (C=O) groups excluding carboxylic acids is 1. The van der Waals surface area contributed by atoms with Crippen molar-refractivity contribution in [3.05, 3.63) is 62.9 Å². The van der Waals surface area contributed by atoms with Crippen molar-refractivity contribution in [2.75, 3.05) is 17.7 Å². The van der Waals surface area contributed by atoms with Crippen molar-refractivity contribution in [1.82, 2.24) is 14.8 Å². The molecule has 1 heterocycles. The molecule has 0 fully saturated rings. The number of aromatic nitrogens is 3. The summed E-state index contributed by atoms with van der Waals surface area (Å²) < 4.78 is 7.86. The number of rotatable bonds is 10. The standard InChI is InChI=1S/C22H23Cl3N4O2S/c1-3-29-20(5-4-10-31-19-9-7-15(23)11-14(19)2)27-28-22(29)32-13-21(30)26-18-12-16(24)6-8-17(18)25/h6-9,11-12H,3-5,10,13H2,1-2H3,(H,26,30). The number of aryl methyl sites for hydroxylation is 2. The lowest BCUT2D eigenvalue weighted by Crippen LogP contribution is -2.15. The summed E-state index contributed by atoms with van der Waals surface area (Å²) >= 11 is 19.4. The average molecular weight is 514 g/mol. The Morgan fingerprint density at radius 1 is 1.12 bits per heavy atom. The molecule has 1 amide bonds. The number of hydrogen-bond acceptors (Lipinski definition) is 5. The van der Waals surface area contributed by atoms with E-state index in [4.69, 9.17) is 39.5 Å². The SMILES string of the molecule is CCn1c(CCCOc2ccc(Cl)cc2C)nnc1SCC(=O)Nc1cc(Cl)ccc1Cl. The quantitative estimate of drug-likeness (QED) is 0.254. The zero-order valence-electron chi connectivity index (χ0n) is 17.7. The van der Waals surface area contributed by atoms with E-state index >= 15 is 0 Å². The molecule has 0 atom stereocenters. The van der Waals surface area contributed by atoms with Crippen LogP contribution in [0.3, 0.4) is 0 Å². The molecule has 0 radical (unpaired) electrons. The van der Waals surface area contributed by atoms with Crippen LogP contribution in [-0.4, -0.2) is 33.0 Å². The fourth-order valence-corrected chi connectivity index (χ4v) is 4.41. The number of nitrogens with one attached hydrogen (secondary N) is 1. The van der Waals surface area contributed by atoms with Crippen LogP contribution in [0.1, 0.15) is 24.7 Å². The van der Waals surface area contributed by atoms with Gasteiger partial charge in [-0.2, -0.15) is 0 Å². The molecule has 10 heteroatoms. The molecule has 0 aliphatic rings. The van der Waals surface area contributed by atoms with Crippen LogP contribution in [0, 0.1) is 6.92 Å². The highest BCUT2D eigenvalue weighted by Crippen LogP contribution is 2.26. The highest BCUT2D eigenvalue weighted by Gasteiger charge is 2.14. The second-order valence-electron chi connectivity index (χ2n) is 6.97. The number of nitrogens with zero attached hydrogens (tertiary/aromatic N) is 3. The van der Waals surface area contributed by atoms with Crippen molar-refractivity contribution in [1.29, 1.82) is 0 Å². The van der Waals surface area contributed by atoms with Gasteiger partial charge in [0.05, 0.1) is 23.1 Å². The van der Waals surface area contributed by atoms with Gasteiger partial charge in [-0.1, -0.05) is 46.6 Å². The highest BCUT2D eigenvalue weighted by molar-refractivity contribution is 7.99. The van der Waals surface area contributed by atoms with Gasteiger partial charge in [0.25, 0.3) is 0 Å². The number of hydrogen-bond donors (Lipinski definition) is 1. The predicted octanol–water partition coefficient (Wildman–Crippen LogP) is 6.31. The van der Waals surface area contributed by atoms with Gasteiger partial charge >= 0.3 is 0 Å². The highest BCUT2D eigenvalue weighted by atomic mass is 35.5. The molecule has 32 heavy (non-hydrogen) atoms. The van der Waals surface area contributed by atoms with Crippen LogP contribution in [0.2, 0.25) is 15.1 Å². The fourth-order valence-electron chi connectivity index (χ4n) is 3.03. The molecule has 1 aromatic heterocycles. The van der Waals surface area contributed by atoms with Gasteiger partial charge < -0.3 is 14.6 Å². The Bertz CT molecular complexity index is 1090. The zero-order chi connectivity index (χ0) is 23.1. The number of amides is 1. The summed E-state index contributed by atoms with van der Waals surface area (Å²) in [5.74, 6) is 1.68. The second-order valence-corrected chi connectivity index (χ2v) is 9.19. The third-order valence-electron chi connectivity index (χ3n) is 4.58. The molecule has 2 aromatic carbocycles. The monoisotopic (exact) mass is 512 g/mol. The van der Waals surface area contributed by atoms with E-state index in [1.807, 2.05) is 36.6 Å². The van der Waals surface area contributed by atoms with E-state index in [2.05, 4.69) is 15.5 Å². The molecule has 6 nitrogen and oxygen atoms in total. The van der Waals surface area contributed by atoms with E-state index in [1.165, 1.54) is 11.8 Å². The van der Waals surface area contributed by atoms with E-state index < -0.39 is 0 Å². The van der Waals surface area contributed by atoms with E-state index in [0.717, 1.165) is 30.0 Å². The van der Waals surface area contributed by atoms with Crippen LogP contribution < -0.4 is 10.1 Å². The molecule has 0 bridgehead atoms. The molecule has 0 aliphatic carbocycles. The van der Waals surface area contributed by atoms with E-state index in [9.17, 15) is 4.79 Å². The Morgan fingerprint density at radius 2 is 1.88 bits per heavy atom. The first kappa shape index (κ1) is 24.7. The Morgan fingerprint density at radius 3 is 2.62 bits per heavy atom. The minimum atomic E-state index is -0.196. The van der Waals surface area contributed by atoms with Crippen molar-refractivity contribution in [3.8, 4) is 5.75 Å². The molecular weight excluding hydrogens is 491 g/mol. The van der Waals surface area contributed by atoms with Crippen LogP contribution in [-0.2, 0) is 17.8 Å². The lowest BCUT2D eigenvalue weighted by Gasteiger charge is -2.10. The molecule has 1 N–H and O–H groups in total. The third kappa shape index (κ3) is 6.78. The lowest BCUT2D eigenvalue weighted by molar-refractivity contribution is -0.113. The minimum absolute atomic E-state index is 0.180. The normalized spacial score (nSPS) is 10.9. The third-order valence-corrected chi connectivity index (χ3v) is 6.35. The number of benzene rings is 2. The second kappa shape index (κ2) is 11.8. The molecule has 0 aliphatic heterocycles. The Kier molecular flexibility index (Phi) is 9.11. The molecular formula is C22H23Cl3N4O2S. The van der Waals surface area contributed by atoms with E-state index in [1.54, 1.807) is 18.2 Å². The number of anilines is 1. The number of halogens is 3. The summed E-state index contributed by atoms with van der Waals surface area (Å²) in [5, 5.41) is 13.7. The van der Waals surface area contributed by atoms with Gasteiger partial charge in [0.1, 0.15) is 11.6 Å². The van der Waals surface area contributed by atoms with Gasteiger partial charge in [-0.05, 0) is 62.2 Å². The van der Waals surface area contributed by atoms with Gasteiger partial charge in [0.2, 0.25) is 5.91 Å². The fraction of sp³-hybridized carbons (Fsp3) is 0.318. The van der Waals surface area contributed by atoms with Gasteiger partial charge in [0.15, 0.2) is 5.16 Å². The predicted molar refractivity (Wildman–Crippen MR) is 132 cm³/mol. The molecule has 3 rings (SSSR count). The molecule has 170 valence electrons.